The molecule has 0 spiro atoms. The fraction of sp³-hybridized carbons (Fsp3) is 0.111. The summed E-state index contributed by atoms with van der Waals surface area (Å²) >= 11 is 0. The lowest BCUT2D eigenvalue weighted by atomic mass is 9.90. The Morgan fingerprint density at radius 1 is 1.54 bits per heavy atom. The van der Waals surface area contributed by atoms with Crippen LogP contribution in [0.2, 0.25) is 0 Å². The number of aromatic amines is 1. The summed E-state index contributed by atoms with van der Waals surface area (Å²) in [5.41, 5.74) is 3.95. The highest BCUT2D eigenvalue weighted by Crippen LogP contribution is 2.29. The zero-order valence-electron chi connectivity index (χ0n) is 6.82. The van der Waals surface area contributed by atoms with Crippen LogP contribution in [0, 0.1) is 0 Å². The first kappa shape index (κ1) is 7.79. The van der Waals surface area contributed by atoms with Crippen molar-refractivity contribution in [3.63, 3.8) is 0 Å². The van der Waals surface area contributed by atoms with Crippen molar-refractivity contribution in [3.8, 4) is 0 Å². The third-order valence-corrected chi connectivity index (χ3v) is 2.09. The number of hydrogen-bond donors (Lipinski definition) is 2. The fourth-order valence-corrected chi connectivity index (χ4v) is 1.52. The Morgan fingerprint density at radius 2 is 2.23 bits per heavy atom. The van der Waals surface area contributed by atoms with Gasteiger partial charge in [-0.25, -0.2) is 0 Å². The molecule has 2 N–H and O–H groups in total. The third kappa shape index (κ3) is 1.16. The molecule has 2 bridgehead atoms. The van der Waals surface area contributed by atoms with E-state index in [1.165, 1.54) is 16.5 Å². The van der Waals surface area contributed by atoms with Crippen molar-refractivity contribution in [3.05, 3.63) is 29.5 Å². The molecule has 66 valence electrons. The second kappa shape index (κ2) is 2.90. The lowest BCUT2D eigenvalue weighted by Crippen LogP contribution is -2.00. The van der Waals surface area contributed by atoms with Crippen molar-refractivity contribution in [2.45, 2.75) is 6.42 Å². The van der Waals surface area contributed by atoms with E-state index in [1.54, 1.807) is 0 Å². The topological polar surface area (TPSA) is 66.0 Å². The van der Waals surface area contributed by atoms with E-state index >= 15 is 0 Å². The number of nitrogens with one attached hydrogen (secondary N) is 1. The van der Waals surface area contributed by atoms with Gasteiger partial charge < -0.3 is 5.11 Å². The van der Waals surface area contributed by atoms with Crippen LogP contribution in [0.1, 0.15) is 11.1 Å². The maximum Gasteiger partial charge on any atom is 0.290 e. The summed E-state index contributed by atoms with van der Waals surface area (Å²) in [4.78, 5) is 8.36. The summed E-state index contributed by atoms with van der Waals surface area (Å²) < 4.78 is 0. The zero-order valence-corrected chi connectivity index (χ0v) is 6.82. The molecule has 0 fully saturated rings. The maximum absolute atomic E-state index is 8.36. The normalized spacial score (nSPS) is 11.4. The van der Waals surface area contributed by atoms with E-state index in [0.717, 1.165) is 11.9 Å². The van der Waals surface area contributed by atoms with E-state index in [0.29, 0.717) is 0 Å². The van der Waals surface area contributed by atoms with Crippen LogP contribution in [0.4, 0.5) is 0 Å². The van der Waals surface area contributed by atoms with Crippen LogP contribution in [-0.2, 0) is 11.2 Å². The predicted octanol–water partition coefficient (Wildman–Crippen LogP) is 1.17. The Kier molecular flexibility index (Phi) is 1.73. The smallest absolute Gasteiger partial charge is 0.290 e. The van der Waals surface area contributed by atoms with Crippen molar-refractivity contribution in [1.29, 1.82) is 0 Å². The van der Waals surface area contributed by atoms with Gasteiger partial charge in [-0.3, -0.25) is 9.89 Å². The summed E-state index contributed by atoms with van der Waals surface area (Å²) in [7, 11) is 0. The van der Waals surface area contributed by atoms with Crippen LogP contribution in [0.15, 0.2) is 18.3 Å². The highest BCUT2D eigenvalue weighted by Gasteiger charge is 2.14. The van der Waals surface area contributed by atoms with Gasteiger partial charge in [-0.2, -0.15) is 5.10 Å². The summed E-state index contributed by atoms with van der Waals surface area (Å²) in [6.45, 7) is -0.250. The number of benzene rings is 1. The summed E-state index contributed by atoms with van der Waals surface area (Å²) in [5.74, 6) is 0. The van der Waals surface area contributed by atoms with E-state index < -0.39 is 0 Å². The van der Waals surface area contributed by atoms with Gasteiger partial charge >= 0.3 is 0 Å². The molecule has 4 nitrogen and oxygen atoms in total. The van der Waals surface area contributed by atoms with Gasteiger partial charge in [-0.15, -0.1) is 0 Å². The third-order valence-electron chi connectivity index (χ3n) is 2.09. The van der Waals surface area contributed by atoms with Crippen LogP contribution in [0.5, 0.6) is 0 Å². The summed E-state index contributed by atoms with van der Waals surface area (Å²) in [5, 5.41) is 15.1. The van der Waals surface area contributed by atoms with Gasteiger partial charge in [0.25, 0.3) is 6.47 Å². The molecule has 0 saturated carbocycles. The maximum atomic E-state index is 8.36. The van der Waals surface area contributed by atoms with Gasteiger partial charge in [-0.05, 0) is 23.6 Å². The Labute approximate surface area is 74.2 Å². The van der Waals surface area contributed by atoms with Crippen molar-refractivity contribution in [1.82, 2.24) is 10.2 Å². The molecule has 1 aromatic carbocycles. The molecule has 0 atom stereocenters. The van der Waals surface area contributed by atoms with Crippen LogP contribution in [0.3, 0.4) is 0 Å². The average molecular weight is 176 g/mol. The van der Waals surface area contributed by atoms with E-state index in [9.17, 15) is 0 Å². The minimum absolute atomic E-state index is 0.250. The monoisotopic (exact) mass is 176 g/mol. The molecule has 2 aromatic rings. The molecule has 2 aliphatic carbocycles. The molecule has 2 aliphatic rings. The van der Waals surface area contributed by atoms with Crippen molar-refractivity contribution < 1.29 is 9.90 Å². The number of carbonyl (C=O) groups is 1. The molecule has 1 aromatic heterocycles. The van der Waals surface area contributed by atoms with Crippen LogP contribution in [-0.4, -0.2) is 21.8 Å². The van der Waals surface area contributed by atoms with Crippen LogP contribution < -0.4 is 0 Å². The molecule has 1 heterocycles. The minimum Gasteiger partial charge on any atom is -0.483 e. The molecular formula is C9H8N2O2. The lowest BCUT2D eigenvalue weighted by Gasteiger charge is -2.14. The number of H-pyrrole nitrogens is 1. The molecule has 0 amide bonds. The van der Waals surface area contributed by atoms with Gasteiger partial charge in [0, 0.05) is 11.6 Å². The molecule has 4 heteroatoms. The lowest BCUT2D eigenvalue weighted by molar-refractivity contribution is -0.122. The Balaban J connectivity index is 0.000000196. The van der Waals surface area contributed by atoms with Crippen LogP contribution in [0.25, 0.3) is 10.9 Å². The van der Waals surface area contributed by atoms with E-state index in [4.69, 9.17) is 9.90 Å². The first-order valence-corrected chi connectivity index (χ1v) is 3.88. The Bertz CT molecular complexity index is 448. The van der Waals surface area contributed by atoms with Crippen molar-refractivity contribution in [2.75, 3.05) is 0 Å². The largest absolute Gasteiger partial charge is 0.483 e. The predicted molar refractivity (Wildman–Crippen MR) is 47.6 cm³/mol. The Morgan fingerprint density at radius 3 is 2.85 bits per heavy atom. The standard InChI is InChI=1S/C8H6N2.CH2O2/c1-5-2-6(1)7-4-9-10-8(7)3-5;2-1-3/h1,3-4H,2H2,(H,9,10);1H,(H,2,3). The number of hydrogen-bond acceptors (Lipinski definition) is 2. The Hall–Kier alpha value is -1.84. The SMILES string of the molecule is O=CO.c1c2cc3n[nH]cc3c1C2. The second-order valence-electron chi connectivity index (χ2n) is 2.86. The zero-order chi connectivity index (χ0) is 9.26. The van der Waals surface area contributed by atoms with Crippen molar-refractivity contribution >= 4 is 17.4 Å². The molecule has 0 saturated heterocycles. The molecule has 4 rings (SSSR count). The average Bonchev–Trinajstić information content (AvgIpc) is 2.49. The molecule has 0 aliphatic heterocycles. The van der Waals surface area contributed by atoms with Crippen molar-refractivity contribution in [2.24, 2.45) is 0 Å². The first-order chi connectivity index (χ1) is 6.35. The van der Waals surface area contributed by atoms with E-state index in [2.05, 4.69) is 22.3 Å². The number of carboxylic acid groups (broad SMARTS) is 1. The van der Waals surface area contributed by atoms with E-state index in [1.807, 2.05) is 6.20 Å². The minimum atomic E-state index is -0.250. The molecule has 0 radical (unpaired) electrons. The molecular weight excluding hydrogens is 168 g/mol. The fourth-order valence-electron chi connectivity index (χ4n) is 1.52. The molecule has 0 unspecified atom stereocenters. The van der Waals surface area contributed by atoms with E-state index in [-0.39, 0.29) is 6.47 Å². The van der Waals surface area contributed by atoms with Gasteiger partial charge in [-0.1, -0.05) is 6.07 Å². The summed E-state index contributed by atoms with van der Waals surface area (Å²) in [6.07, 6.45) is 3.11. The summed E-state index contributed by atoms with van der Waals surface area (Å²) in [6, 6.07) is 4.36. The van der Waals surface area contributed by atoms with Gasteiger partial charge in [0.15, 0.2) is 0 Å². The number of aromatic nitrogens is 2. The number of rotatable bonds is 0. The number of nitrogens with zero attached hydrogens (tertiary/aromatic N) is 1. The molecule has 13 heavy (non-hydrogen) atoms. The van der Waals surface area contributed by atoms with Gasteiger partial charge in [0.05, 0.1) is 5.52 Å². The quantitative estimate of drug-likeness (QED) is 0.505. The van der Waals surface area contributed by atoms with Crippen LogP contribution >= 0.6 is 0 Å². The van der Waals surface area contributed by atoms with Gasteiger partial charge in [0.1, 0.15) is 0 Å². The highest BCUT2D eigenvalue weighted by atomic mass is 16.3. The highest BCUT2D eigenvalue weighted by molar-refractivity contribution is 5.85. The van der Waals surface area contributed by atoms with Gasteiger partial charge in [0.2, 0.25) is 0 Å². The first-order valence-electron chi connectivity index (χ1n) is 3.88. The second-order valence-corrected chi connectivity index (χ2v) is 2.86.